The Hall–Kier alpha value is -1.85. The Labute approximate surface area is 88.1 Å². The minimum atomic E-state index is 0.423. The summed E-state index contributed by atoms with van der Waals surface area (Å²) >= 11 is 0. The fraction of sp³-hybridized carbons (Fsp3) is 0.444. The molecular formula is C9H14N6. The van der Waals surface area contributed by atoms with E-state index in [0.717, 1.165) is 12.4 Å². The molecule has 2 aliphatic heterocycles. The zero-order chi connectivity index (χ0) is 11.0. The second-order valence-corrected chi connectivity index (χ2v) is 3.45. The molecule has 80 valence electrons. The van der Waals surface area contributed by atoms with Gasteiger partial charge in [-0.05, 0) is 6.92 Å². The molecule has 0 saturated heterocycles. The summed E-state index contributed by atoms with van der Waals surface area (Å²) in [4.78, 5) is 14.7. The summed E-state index contributed by atoms with van der Waals surface area (Å²) in [7, 11) is 3.82. The number of aryl methyl sites for hydroxylation is 1. The Morgan fingerprint density at radius 3 is 2.80 bits per heavy atom. The summed E-state index contributed by atoms with van der Waals surface area (Å²) in [6.07, 6.45) is 1.64. The molecule has 0 aliphatic carbocycles. The van der Waals surface area contributed by atoms with Gasteiger partial charge in [-0.15, -0.1) is 0 Å². The molecule has 15 heavy (non-hydrogen) atoms. The van der Waals surface area contributed by atoms with Crippen LogP contribution in [0.2, 0.25) is 0 Å². The first-order valence-corrected chi connectivity index (χ1v) is 4.79. The van der Waals surface area contributed by atoms with E-state index < -0.39 is 0 Å². The zero-order valence-electron chi connectivity index (χ0n) is 9.10. The zero-order valence-corrected chi connectivity index (χ0v) is 9.10. The molecule has 6 nitrogen and oxygen atoms in total. The Morgan fingerprint density at radius 2 is 2.20 bits per heavy atom. The predicted molar refractivity (Wildman–Crippen MR) is 58.8 cm³/mol. The van der Waals surface area contributed by atoms with E-state index in [-0.39, 0.29) is 0 Å². The van der Waals surface area contributed by atoms with Crippen LogP contribution in [0.25, 0.3) is 11.5 Å². The Balaban J connectivity index is 2.59. The molecule has 0 radical (unpaired) electrons. The molecule has 2 rings (SSSR count). The molecule has 0 aromatic heterocycles. The molecule has 2 heterocycles. The van der Waals surface area contributed by atoms with Crippen LogP contribution < -0.4 is 10.6 Å². The second kappa shape index (κ2) is 3.38. The van der Waals surface area contributed by atoms with Crippen LogP contribution in [0.1, 0.15) is 6.92 Å². The average molecular weight is 206 g/mol. The molecule has 0 saturated carbocycles. The lowest BCUT2D eigenvalue weighted by Gasteiger charge is -2.09. The van der Waals surface area contributed by atoms with Crippen LogP contribution in [0.15, 0.2) is 6.33 Å². The third-order valence-electron chi connectivity index (χ3n) is 2.39. The van der Waals surface area contributed by atoms with Crippen LogP contribution in [-0.2, 0) is 7.05 Å². The van der Waals surface area contributed by atoms with Gasteiger partial charge in [0.2, 0.25) is 5.95 Å². The molecule has 0 aromatic carbocycles. The lowest BCUT2D eigenvalue weighted by atomic mass is 10.4. The molecule has 0 spiro atoms. The molecule has 0 amide bonds. The SMILES string of the molecule is CCN(C)c1nc2c(N)ncn(C)c-2n1. The highest BCUT2D eigenvalue weighted by Gasteiger charge is 2.18. The summed E-state index contributed by atoms with van der Waals surface area (Å²) in [5, 5.41) is 0. The second-order valence-electron chi connectivity index (χ2n) is 3.45. The first-order valence-electron chi connectivity index (χ1n) is 4.79. The maximum atomic E-state index is 5.73. The summed E-state index contributed by atoms with van der Waals surface area (Å²) in [6, 6.07) is 0. The highest BCUT2D eigenvalue weighted by molar-refractivity contribution is 5.67. The van der Waals surface area contributed by atoms with Crippen molar-refractivity contribution in [3.8, 4) is 11.5 Å². The fourth-order valence-electron chi connectivity index (χ4n) is 1.32. The molecule has 0 bridgehead atoms. The number of rotatable bonds is 2. The third kappa shape index (κ3) is 1.47. The van der Waals surface area contributed by atoms with Crippen LogP contribution in [0.4, 0.5) is 11.8 Å². The van der Waals surface area contributed by atoms with Crippen LogP contribution >= 0.6 is 0 Å². The number of nitrogen functional groups attached to an aromatic ring is 1. The summed E-state index contributed by atoms with van der Waals surface area (Å²) in [6.45, 7) is 2.90. The number of fused-ring (bicyclic) bond motifs is 1. The standard InChI is InChI=1S/C9H14N6/c1-4-14(2)9-12-6-7(10)11-5-15(3)8(6)13-9/h5H,4,10H2,1-3H3. The summed E-state index contributed by atoms with van der Waals surface area (Å²) in [5.41, 5.74) is 6.40. The topological polar surface area (TPSA) is 72.9 Å². The van der Waals surface area contributed by atoms with Crippen molar-refractivity contribution in [2.75, 3.05) is 24.2 Å². The Morgan fingerprint density at radius 1 is 1.47 bits per heavy atom. The smallest absolute Gasteiger partial charge is 0.227 e. The van der Waals surface area contributed by atoms with E-state index >= 15 is 0 Å². The van der Waals surface area contributed by atoms with Crippen molar-refractivity contribution in [1.29, 1.82) is 0 Å². The minimum Gasteiger partial charge on any atom is -0.382 e. The van der Waals surface area contributed by atoms with Gasteiger partial charge in [0.1, 0.15) is 0 Å². The van der Waals surface area contributed by atoms with Crippen molar-refractivity contribution in [3.05, 3.63) is 6.33 Å². The molecule has 2 aliphatic rings. The minimum absolute atomic E-state index is 0.423. The number of nitrogens with two attached hydrogens (primary N) is 1. The molecular weight excluding hydrogens is 192 g/mol. The molecule has 0 unspecified atom stereocenters. The molecule has 0 aromatic rings. The molecule has 0 atom stereocenters. The highest BCUT2D eigenvalue weighted by Crippen LogP contribution is 2.25. The van der Waals surface area contributed by atoms with Gasteiger partial charge < -0.3 is 15.2 Å². The fourth-order valence-corrected chi connectivity index (χ4v) is 1.32. The van der Waals surface area contributed by atoms with E-state index in [0.29, 0.717) is 17.5 Å². The predicted octanol–water partition coefficient (Wildman–Crippen LogP) is 0.353. The van der Waals surface area contributed by atoms with Gasteiger partial charge in [-0.1, -0.05) is 0 Å². The van der Waals surface area contributed by atoms with Gasteiger partial charge in [0.05, 0.1) is 6.33 Å². The van der Waals surface area contributed by atoms with E-state index in [4.69, 9.17) is 5.73 Å². The number of aromatic nitrogens is 4. The molecule has 6 heteroatoms. The average Bonchev–Trinajstić information content (AvgIpc) is 2.68. The third-order valence-corrected chi connectivity index (χ3v) is 2.39. The van der Waals surface area contributed by atoms with Gasteiger partial charge in [0, 0.05) is 20.6 Å². The van der Waals surface area contributed by atoms with Crippen molar-refractivity contribution < 1.29 is 0 Å². The number of anilines is 2. The maximum absolute atomic E-state index is 5.73. The number of imidazole rings is 1. The van der Waals surface area contributed by atoms with Gasteiger partial charge in [0.15, 0.2) is 17.3 Å². The number of nitrogens with zero attached hydrogens (tertiary/aromatic N) is 5. The lowest BCUT2D eigenvalue weighted by molar-refractivity contribution is 0.851. The van der Waals surface area contributed by atoms with Crippen molar-refractivity contribution in [2.45, 2.75) is 6.92 Å². The first kappa shape index (κ1) is 9.70. The van der Waals surface area contributed by atoms with E-state index in [1.54, 1.807) is 6.33 Å². The lowest BCUT2D eigenvalue weighted by Crippen LogP contribution is -2.16. The van der Waals surface area contributed by atoms with Crippen LogP contribution in [0.5, 0.6) is 0 Å². The van der Waals surface area contributed by atoms with Crippen molar-refractivity contribution in [1.82, 2.24) is 19.5 Å². The van der Waals surface area contributed by atoms with Gasteiger partial charge >= 0.3 is 0 Å². The quantitative estimate of drug-likeness (QED) is 0.767. The van der Waals surface area contributed by atoms with E-state index in [1.807, 2.05) is 30.5 Å². The number of hydrogen-bond donors (Lipinski definition) is 1. The summed E-state index contributed by atoms with van der Waals surface area (Å²) < 4.78 is 1.81. The van der Waals surface area contributed by atoms with Crippen LogP contribution in [-0.4, -0.2) is 33.1 Å². The summed E-state index contributed by atoms with van der Waals surface area (Å²) in [5.74, 6) is 1.87. The van der Waals surface area contributed by atoms with Gasteiger partial charge in [0.25, 0.3) is 0 Å². The van der Waals surface area contributed by atoms with E-state index in [2.05, 4.69) is 15.0 Å². The van der Waals surface area contributed by atoms with Gasteiger partial charge in [-0.25, -0.2) is 9.97 Å². The van der Waals surface area contributed by atoms with Crippen molar-refractivity contribution in [2.24, 2.45) is 7.05 Å². The largest absolute Gasteiger partial charge is 0.382 e. The highest BCUT2D eigenvalue weighted by atomic mass is 15.3. The van der Waals surface area contributed by atoms with Crippen molar-refractivity contribution in [3.63, 3.8) is 0 Å². The van der Waals surface area contributed by atoms with Crippen molar-refractivity contribution >= 4 is 11.8 Å². The Bertz CT molecular complexity index is 412. The van der Waals surface area contributed by atoms with Crippen LogP contribution in [0.3, 0.4) is 0 Å². The monoisotopic (exact) mass is 206 g/mol. The maximum Gasteiger partial charge on any atom is 0.227 e. The molecule has 2 N–H and O–H groups in total. The van der Waals surface area contributed by atoms with Gasteiger partial charge in [-0.3, -0.25) is 0 Å². The van der Waals surface area contributed by atoms with E-state index in [1.165, 1.54) is 0 Å². The number of hydrogen-bond acceptors (Lipinski definition) is 5. The first-order chi connectivity index (χ1) is 7.13. The van der Waals surface area contributed by atoms with Crippen LogP contribution in [0, 0.1) is 0 Å². The molecule has 0 fully saturated rings. The Kier molecular flexibility index (Phi) is 2.18. The normalized spacial score (nSPS) is 10.9. The van der Waals surface area contributed by atoms with E-state index in [9.17, 15) is 0 Å². The van der Waals surface area contributed by atoms with Gasteiger partial charge in [-0.2, -0.15) is 4.98 Å².